The summed E-state index contributed by atoms with van der Waals surface area (Å²) in [5, 5.41) is 7.38. The third-order valence-electron chi connectivity index (χ3n) is 9.32. The molecule has 3 aromatic heterocycles. The molecule has 6 heteroatoms. The lowest BCUT2D eigenvalue weighted by molar-refractivity contribution is 0.483. The van der Waals surface area contributed by atoms with E-state index in [1.54, 1.807) is 0 Å². The van der Waals surface area contributed by atoms with Crippen LogP contribution in [0.1, 0.15) is 43.0 Å². The molecular formula is C44H39N5O. The van der Waals surface area contributed by atoms with Crippen LogP contribution in [0.4, 0.5) is 0 Å². The number of nitrogens with zero attached hydrogens (tertiary/aromatic N) is 5. The Labute approximate surface area is 292 Å². The first-order chi connectivity index (χ1) is 24.1. The summed E-state index contributed by atoms with van der Waals surface area (Å²) in [6.45, 7) is 13.1. The average molecular weight is 654 g/mol. The van der Waals surface area contributed by atoms with Crippen molar-refractivity contribution in [2.24, 2.45) is 0 Å². The van der Waals surface area contributed by atoms with E-state index >= 15 is 0 Å². The van der Waals surface area contributed by atoms with Gasteiger partial charge in [0.1, 0.15) is 17.3 Å². The second kappa shape index (κ2) is 12.1. The van der Waals surface area contributed by atoms with Gasteiger partial charge in [-0.05, 0) is 85.3 Å². The van der Waals surface area contributed by atoms with Gasteiger partial charge in [-0.2, -0.15) is 0 Å². The van der Waals surface area contributed by atoms with E-state index in [-0.39, 0.29) is 5.41 Å². The zero-order valence-corrected chi connectivity index (χ0v) is 29.3. The maximum absolute atomic E-state index is 6.62. The molecule has 0 aliphatic heterocycles. The highest BCUT2D eigenvalue weighted by Crippen LogP contribution is 2.37. The largest absolute Gasteiger partial charge is 0.457 e. The lowest BCUT2D eigenvalue weighted by Gasteiger charge is -2.20. The van der Waals surface area contributed by atoms with Gasteiger partial charge in [0.15, 0.2) is 11.6 Å². The number of aryl methyl sites for hydroxylation is 3. The van der Waals surface area contributed by atoms with Crippen molar-refractivity contribution in [3.63, 3.8) is 0 Å². The van der Waals surface area contributed by atoms with Crippen LogP contribution in [-0.4, -0.2) is 24.3 Å². The summed E-state index contributed by atoms with van der Waals surface area (Å²) in [6.07, 6.45) is 1.91. The number of hydrogen-bond donors (Lipinski definition) is 0. The van der Waals surface area contributed by atoms with Crippen LogP contribution < -0.4 is 4.74 Å². The van der Waals surface area contributed by atoms with Crippen molar-refractivity contribution in [2.75, 3.05) is 0 Å². The highest BCUT2D eigenvalue weighted by Gasteiger charge is 2.21. The van der Waals surface area contributed by atoms with Crippen LogP contribution in [0.25, 0.3) is 56.1 Å². The van der Waals surface area contributed by atoms with E-state index in [2.05, 4.69) is 107 Å². The minimum absolute atomic E-state index is 0.00158. The first-order valence-electron chi connectivity index (χ1n) is 17.0. The number of pyridine rings is 1. The van der Waals surface area contributed by atoms with Crippen LogP contribution in [0, 0.1) is 20.8 Å². The zero-order valence-electron chi connectivity index (χ0n) is 29.3. The number of fused-ring (bicyclic) bond motifs is 3. The molecule has 0 unspecified atom stereocenters. The smallest absolute Gasteiger partial charge is 0.182 e. The summed E-state index contributed by atoms with van der Waals surface area (Å²) in [7, 11) is 0. The summed E-state index contributed by atoms with van der Waals surface area (Å²) in [5.74, 6) is 3.80. The minimum atomic E-state index is -0.00158. The second-order valence-electron chi connectivity index (χ2n) is 14.1. The molecular weight excluding hydrogens is 615 g/mol. The van der Waals surface area contributed by atoms with Gasteiger partial charge in [0, 0.05) is 40.2 Å². The standard InChI is InChI=1S/C44H39N5O/c1-28-23-29(2)41(30(3)24-28)43-46-42(31-13-8-7-9-14-31)47-49(43)33-15-12-16-34(26-33)50-35-19-20-37-36-17-10-11-18-38(36)48(39(37)27-35)40-25-32(21-22-45-40)44(4,5)6/h7-27H,1-6H3. The second-order valence-corrected chi connectivity index (χ2v) is 14.1. The maximum atomic E-state index is 6.62. The fourth-order valence-corrected chi connectivity index (χ4v) is 6.98. The Hall–Kier alpha value is -6.01. The fourth-order valence-electron chi connectivity index (χ4n) is 6.98. The van der Waals surface area contributed by atoms with E-state index in [9.17, 15) is 0 Å². The van der Waals surface area contributed by atoms with Gasteiger partial charge in [0.05, 0.1) is 16.7 Å². The van der Waals surface area contributed by atoms with Crippen LogP contribution in [0.3, 0.4) is 0 Å². The predicted molar refractivity (Wildman–Crippen MR) is 204 cm³/mol. The van der Waals surface area contributed by atoms with Crippen molar-refractivity contribution in [2.45, 2.75) is 47.0 Å². The molecule has 5 aromatic carbocycles. The Kier molecular flexibility index (Phi) is 7.60. The summed E-state index contributed by atoms with van der Waals surface area (Å²) in [6, 6.07) is 41.7. The fraction of sp³-hybridized carbons (Fsp3) is 0.159. The average Bonchev–Trinajstić information content (AvgIpc) is 3.68. The van der Waals surface area contributed by atoms with Gasteiger partial charge in [-0.1, -0.05) is 93.1 Å². The quantitative estimate of drug-likeness (QED) is 0.179. The first-order valence-corrected chi connectivity index (χ1v) is 17.0. The molecule has 0 amide bonds. The molecule has 50 heavy (non-hydrogen) atoms. The third-order valence-corrected chi connectivity index (χ3v) is 9.32. The highest BCUT2D eigenvalue weighted by atomic mass is 16.5. The van der Waals surface area contributed by atoms with Crippen LogP contribution >= 0.6 is 0 Å². The molecule has 3 heterocycles. The summed E-state index contributed by atoms with van der Waals surface area (Å²) >= 11 is 0. The van der Waals surface area contributed by atoms with Crippen LogP contribution in [-0.2, 0) is 5.41 Å². The zero-order chi connectivity index (χ0) is 34.6. The molecule has 8 aromatic rings. The molecule has 6 nitrogen and oxygen atoms in total. The Morgan fingerprint density at radius 3 is 2.14 bits per heavy atom. The molecule has 0 radical (unpaired) electrons. The normalized spacial score (nSPS) is 11.8. The Balaban J connectivity index is 1.23. The molecule has 0 spiro atoms. The van der Waals surface area contributed by atoms with Gasteiger partial charge in [0.2, 0.25) is 0 Å². The van der Waals surface area contributed by atoms with Crippen LogP contribution in [0.15, 0.2) is 128 Å². The summed E-state index contributed by atoms with van der Waals surface area (Å²) < 4.78 is 10.8. The van der Waals surface area contributed by atoms with Crippen molar-refractivity contribution >= 4 is 21.8 Å². The first kappa shape index (κ1) is 31.3. The molecule has 8 rings (SSSR count). The summed E-state index contributed by atoms with van der Waals surface area (Å²) in [5.41, 5.74) is 9.84. The molecule has 0 atom stereocenters. The number of aromatic nitrogens is 5. The minimum Gasteiger partial charge on any atom is -0.457 e. The molecule has 0 bridgehead atoms. The molecule has 0 fully saturated rings. The van der Waals surface area contributed by atoms with Gasteiger partial charge >= 0.3 is 0 Å². The van der Waals surface area contributed by atoms with Crippen LogP contribution in [0.2, 0.25) is 0 Å². The third kappa shape index (κ3) is 5.63. The monoisotopic (exact) mass is 653 g/mol. The summed E-state index contributed by atoms with van der Waals surface area (Å²) in [4.78, 5) is 9.94. The lowest BCUT2D eigenvalue weighted by Crippen LogP contribution is -2.12. The van der Waals surface area contributed by atoms with Gasteiger partial charge in [-0.25, -0.2) is 14.6 Å². The number of hydrogen-bond acceptors (Lipinski definition) is 4. The van der Waals surface area contributed by atoms with Crippen molar-refractivity contribution < 1.29 is 4.74 Å². The van der Waals surface area contributed by atoms with Gasteiger partial charge in [0.25, 0.3) is 0 Å². The van der Waals surface area contributed by atoms with E-state index in [0.717, 1.165) is 61.8 Å². The molecule has 246 valence electrons. The number of para-hydroxylation sites is 1. The van der Waals surface area contributed by atoms with Gasteiger partial charge in [-0.3, -0.25) is 4.57 Å². The predicted octanol–water partition coefficient (Wildman–Crippen LogP) is 11.1. The number of ether oxygens (including phenoxy) is 1. The Bertz CT molecular complexity index is 2510. The number of rotatable bonds is 6. The number of benzene rings is 5. The molecule has 0 saturated carbocycles. The highest BCUT2D eigenvalue weighted by molar-refractivity contribution is 6.09. The SMILES string of the molecule is Cc1cc(C)c(-c2nc(-c3ccccc3)nn2-c2cccc(Oc3ccc4c5ccccc5n(-c5cc(C(C)(C)C)ccn5)c4c3)c2)c(C)c1. The topological polar surface area (TPSA) is 57.8 Å². The van der Waals surface area contributed by atoms with E-state index < -0.39 is 0 Å². The van der Waals surface area contributed by atoms with Gasteiger partial charge in [-0.15, -0.1) is 5.10 Å². The van der Waals surface area contributed by atoms with E-state index in [0.29, 0.717) is 11.6 Å². The van der Waals surface area contributed by atoms with E-state index in [4.69, 9.17) is 19.8 Å². The van der Waals surface area contributed by atoms with E-state index in [1.165, 1.54) is 16.5 Å². The van der Waals surface area contributed by atoms with Crippen molar-refractivity contribution in [1.82, 2.24) is 24.3 Å². The van der Waals surface area contributed by atoms with Crippen LogP contribution in [0.5, 0.6) is 11.5 Å². The molecule has 0 aliphatic rings. The van der Waals surface area contributed by atoms with E-state index in [1.807, 2.05) is 71.5 Å². The Morgan fingerprint density at radius 1 is 0.640 bits per heavy atom. The van der Waals surface area contributed by atoms with Gasteiger partial charge < -0.3 is 4.74 Å². The molecule has 0 aliphatic carbocycles. The maximum Gasteiger partial charge on any atom is 0.182 e. The lowest BCUT2D eigenvalue weighted by atomic mass is 9.88. The van der Waals surface area contributed by atoms with Crippen molar-refractivity contribution in [1.29, 1.82) is 0 Å². The Morgan fingerprint density at radius 2 is 1.36 bits per heavy atom. The molecule has 0 N–H and O–H groups in total. The van der Waals surface area contributed by atoms with Crippen molar-refractivity contribution in [3.05, 3.63) is 150 Å². The van der Waals surface area contributed by atoms with Crippen molar-refractivity contribution in [3.8, 4) is 45.8 Å². The molecule has 0 saturated heterocycles.